The van der Waals surface area contributed by atoms with E-state index in [9.17, 15) is 4.79 Å². The standard InChI is InChI=1S/C11H24N2O3/c1-11(2,3)16-10(14)13-8-7-12-6-5-9-15-4/h12H,5-9H2,1-4H3,(H,13,14). The summed E-state index contributed by atoms with van der Waals surface area (Å²) in [6, 6.07) is 0. The molecule has 0 aliphatic carbocycles. The van der Waals surface area contributed by atoms with Crippen molar-refractivity contribution < 1.29 is 14.3 Å². The highest BCUT2D eigenvalue weighted by molar-refractivity contribution is 5.67. The minimum Gasteiger partial charge on any atom is -0.444 e. The lowest BCUT2D eigenvalue weighted by atomic mass is 10.2. The number of methoxy groups -OCH3 is 1. The van der Waals surface area contributed by atoms with E-state index in [2.05, 4.69) is 10.6 Å². The molecule has 5 nitrogen and oxygen atoms in total. The van der Waals surface area contributed by atoms with Crippen molar-refractivity contribution in [2.24, 2.45) is 0 Å². The zero-order chi connectivity index (χ0) is 12.4. The predicted molar refractivity (Wildman–Crippen MR) is 63.6 cm³/mol. The van der Waals surface area contributed by atoms with E-state index < -0.39 is 5.60 Å². The number of carbonyl (C=O) groups is 1. The van der Waals surface area contributed by atoms with Crippen LogP contribution >= 0.6 is 0 Å². The number of nitrogens with one attached hydrogen (secondary N) is 2. The molecule has 0 heterocycles. The molecule has 0 aromatic carbocycles. The third kappa shape index (κ3) is 11.3. The Bertz CT molecular complexity index is 190. The van der Waals surface area contributed by atoms with Gasteiger partial charge in [0.1, 0.15) is 5.60 Å². The summed E-state index contributed by atoms with van der Waals surface area (Å²) >= 11 is 0. The van der Waals surface area contributed by atoms with Gasteiger partial charge in [-0.05, 0) is 33.7 Å². The molecule has 96 valence electrons. The van der Waals surface area contributed by atoms with E-state index in [1.165, 1.54) is 0 Å². The Kier molecular flexibility index (Phi) is 7.93. The summed E-state index contributed by atoms with van der Waals surface area (Å²) in [5.74, 6) is 0. The molecule has 0 aliphatic heterocycles. The molecule has 5 heteroatoms. The van der Waals surface area contributed by atoms with Crippen LogP contribution in [0.5, 0.6) is 0 Å². The maximum atomic E-state index is 11.2. The quantitative estimate of drug-likeness (QED) is 0.646. The van der Waals surface area contributed by atoms with Crippen molar-refractivity contribution in [1.29, 1.82) is 0 Å². The first-order valence-electron chi connectivity index (χ1n) is 5.62. The first kappa shape index (κ1) is 15.2. The van der Waals surface area contributed by atoms with Crippen LogP contribution in [0.2, 0.25) is 0 Å². The maximum absolute atomic E-state index is 11.2. The molecule has 0 rings (SSSR count). The highest BCUT2D eigenvalue weighted by Crippen LogP contribution is 2.05. The molecule has 0 spiro atoms. The number of amides is 1. The summed E-state index contributed by atoms with van der Waals surface area (Å²) in [5.41, 5.74) is -0.435. The van der Waals surface area contributed by atoms with E-state index in [0.29, 0.717) is 6.54 Å². The molecule has 1 amide bonds. The van der Waals surface area contributed by atoms with E-state index in [-0.39, 0.29) is 6.09 Å². The van der Waals surface area contributed by atoms with E-state index in [0.717, 1.165) is 26.1 Å². The molecule has 0 bridgehead atoms. The van der Waals surface area contributed by atoms with Gasteiger partial charge in [-0.15, -0.1) is 0 Å². The second kappa shape index (κ2) is 8.35. The lowest BCUT2D eigenvalue weighted by Gasteiger charge is -2.19. The first-order valence-corrected chi connectivity index (χ1v) is 5.62. The molecule has 0 unspecified atom stereocenters. The Labute approximate surface area is 97.9 Å². The van der Waals surface area contributed by atoms with Gasteiger partial charge in [-0.2, -0.15) is 0 Å². The van der Waals surface area contributed by atoms with Gasteiger partial charge in [0.2, 0.25) is 0 Å². The highest BCUT2D eigenvalue weighted by Gasteiger charge is 2.15. The molecule has 2 N–H and O–H groups in total. The van der Waals surface area contributed by atoms with E-state index >= 15 is 0 Å². The molecule has 0 aliphatic rings. The van der Waals surface area contributed by atoms with Crippen LogP contribution in [0.25, 0.3) is 0 Å². The molecular formula is C11H24N2O3. The SMILES string of the molecule is COCCCNCCNC(=O)OC(C)(C)C. The fourth-order valence-corrected chi connectivity index (χ4v) is 1.03. The Balaban J connectivity index is 3.28. The minimum absolute atomic E-state index is 0.369. The molecule has 0 saturated heterocycles. The smallest absolute Gasteiger partial charge is 0.407 e. The Morgan fingerprint density at radius 2 is 1.88 bits per heavy atom. The molecule has 0 aromatic rings. The van der Waals surface area contributed by atoms with Gasteiger partial charge in [-0.1, -0.05) is 0 Å². The van der Waals surface area contributed by atoms with Crippen LogP contribution in [0.3, 0.4) is 0 Å². The Morgan fingerprint density at radius 1 is 1.19 bits per heavy atom. The normalized spacial score (nSPS) is 11.2. The van der Waals surface area contributed by atoms with E-state index in [1.807, 2.05) is 20.8 Å². The van der Waals surface area contributed by atoms with Crippen LogP contribution in [0.15, 0.2) is 0 Å². The Hall–Kier alpha value is -0.810. The summed E-state index contributed by atoms with van der Waals surface area (Å²) in [7, 11) is 1.68. The summed E-state index contributed by atoms with van der Waals surface area (Å²) in [4.78, 5) is 11.2. The third-order valence-electron chi connectivity index (χ3n) is 1.67. The van der Waals surface area contributed by atoms with E-state index in [4.69, 9.17) is 9.47 Å². The molecular weight excluding hydrogens is 208 g/mol. The topological polar surface area (TPSA) is 59.6 Å². The monoisotopic (exact) mass is 232 g/mol. The van der Waals surface area contributed by atoms with Gasteiger partial charge in [-0.3, -0.25) is 0 Å². The zero-order valence-corrected chi connectivity index (χ0v) is 10.8. The van der Waals surface area contributed by atoms with Crippen LogP contribution in [-0.4, -0.2) is 45.0 Å². The van der Waals surface area contributed by atoms with Crippen molar-refractivity contribution in [3.8, 4) is 0 Å². The van der Waals surface area contributed by atoms with Crippen molar-refractivity contribution in [3.05, 3.63) is 0 Å². The summed E-state index contributed by atoms with van der Waals surface area (Å²) < 4.78 is 10.00. The fourth-order valence-electron chi connectivity index (χ4n) is 1.03. The number of ether oxygens (including phenoxy) is 2. The van der Waals surface area contributed by atoms with Gasteiger partial charge in [0.25, 0.3) is 0 Å². The molecule has 0 fully saturated rings. The molecule has 0 saturated carbocycles. The average Bonchev–Trinajstić information content (AvgIpc) is 2.13. The highest BCUT2D eigenvalue weighted by atomic mass is 16.6. The number of rotatable bonds is 7. The van der Waals surface area contributed by atoms with Gasteiger partial charge < -0.3 is 20.1 Å². The maximum Gasteiger partial charge on any atom is 0.407 e. The van der Waals surface area contributed by atoms with Crippen molar-refractivity contribution in [2.75, 3.05) is 33.4 Å². The Morgan fingerprint density at radius 3 is 2.44 bits per heavy atom. The number of hydrogen-bond acceptors (Lipinski definition) is 4. The van der Waals surface area contributed by atoms with Crippen molar-refractivity contribution >= 4 is 6.09 Å². The average molecular weight is 232 g/mol. The van der Waals surface area contributed by atoms with Crippen LogP contribution in [-0.2, 0) is 9.47 Å². The lowest BCUT2D eigenvalue weighted by Crippen LogP contribution is -2.36. The van der Waals surface area contributed by atoms with Crippen LogP contribution in [0.1, 0.15) is 27.2 Å². The molecule has 0 atom stereocenters. The van der Waals surface area contributed by atoms with Crippen molar-refractivity contribution in [2.45, 2.75) is 32.8 Å². The molecule has 0 radical (unpaired) electrons. The van der Waals surface area contributed by atoms with Gasteiger partial charge in [0, 0.05) is 26.8 Å². The van der Waals surface area contributed by atoms with Gasteiger partial charge in [0.15, 0.2) is 0 Å². The molecule has 0 aromatic heterocycles. The van der Waals surface area contributed by atoms with E-state index in [1.54, 1.807) is 7.11 Å². The zero-order valence-electron chi connectivity index (χ0n) is 10.8. The van der Waals surface area contributed by atoms with Crippen molar-refractivity contribution in [3.63, 3.8) is 0 Å². The number of alkyl carbamates (subject to hydrolysis) is 1. The number of hydrogen-bond donors (Lipinski definition) is 2. The summed E-state index contributed by atoms with van der Waals surface area (Å²) in [5, 5.41) is 5.86. The van der Waals surface area contributed by atoms with Crippen LogP contribution in [0, 0.1) is 0 Å². The number of carbonyl (C=O) groups excluding carboxylic acids is 1. The lowest BCUT2D eigenvalue weighted by molar-refractivity contribution is 0.0528. The second-order valence-electron chi connectivity index (χ2n) is 4.53. The van der Waals surface area contributed by atoms with Gasteiger partial charge >= 0.3 is 6.09 Å². The summed E-state index contributed by atoms with van der Waals surface area (Å²) in [6.45, 7) is 8.49. The first-order chi connectivity index (χ1) is 7.45. The largest absolute Gasteiger partial charge is 0.444 e. The third-order valence-corrected chi connectivity index (χ3v) is 1.67. The second-order valence-corrected chi connectivity index (χ2v) is 4.53. The van der Waals surface area contributed by atoms with Crippen LogP contribution in [0.4, 0.5) is 4.79 Å². The van der Waals surface area contributed by atoms with Crippen molar-refractivity contribution in [1.82, 2.24) is 10.6 Å². The minimum atomic E-state index is -0.435. The van der Waals surface area contributed by atoms with Crippen LogP contribution < -0.4 is 10.6 Å². The van der Waals surface area contributed by atoms with Gasteiger partial charge in [-0.25, -0.2) is 4.79 Å². The predicted octanol–water partition coefficient (Wildman–Crippen LogP) is 1.14. The summed E-state index contributed by atoms with van der Waals surface area (Å²) in [6.07, 6.45) is 0.606. The van der Waals surface area contributed by atoms with Gasteiger partial charge in [0.05, 0.1) is 0 Å². The fraction of sp³-hybridized carbons (Fsp3) is 0.909. The molecule has 16 heavy (non-hydrogen) atoms.